The van der Waals surface area contributed by atoms with Gasteiger partial charge < -0.3 is 19.1 Å². The molecular weight excluding hydrogens is 354 g/mol. The second kappa shape index (κ2) is 10.7. The maximum atomic E-state index is 12.7. The van der Waals surface area contributed by atoms with E-state index in [1.54, 1.807) is 48.3 Å². The molecule has 1 amide bonds. The number of carbonyl (C=O) groups excluding carboxylic acids is 1. The standard InChI is InChI=1S/C20H24ClNO4/c1-3-24-14-15-26-19-7-5-4-6-18(19)20(23)22(2)12-13-25-17-10-8-16(21)9-11-17/h4-11H,3,12-15H2,1-2H3. The topological polar surface area (TPSA) is 48.0 Å². The van der Waals surface area contributed by atoms with Gasteiger partial charge in [0, 0.05) is 18.7 Å². The van der Waals surface area contributed by atoms with Crippen LogP contribution in [0.4, 0.5) is 0 Å². The quantitative estimate of drug-likeness (QED) is 0.589. The second-order valence-corrected chi connectivity index (χ2v) is 6.01. The molecule has 0 radical (unpaired) electrons. The lowest BCUT2D eigenvalue weighted by Gasteiger charge is -2.19. The van der Waals surface area contributed by atoms with E-state index in [0.717, 1.165) is 5.75 Å². The van der Waals surface area contributed by atoms with Crippen molar-refractivity contribution in [1.82, 2.24) is 4.90 Å². The fraction of sp³-hybridized carbons (Fsp3) is 0.350. The monoisotopic (exact) mass is 377 g/mol. The van der Waals surface area contributed by atoms with Crippen molar-refractivity contribution in [1.29, 1.82) is 0 Å². The van der Waals surface area contributed by atoms with E-state index in [0.29, 0.717) is 49.3 Å². The molecule has 2 aromatic carbocycles. The summed E-state index contributed by atoms with van der Waals surface area (Å²) in [5.74, 6) is 1.16. The fourth-order valence-corrected chi connectivity index (χ4v) is 2.39. The highest BCUT2D eigenvalue weighted by Crippen LogP contribution is 2.20. The highest BCUT2D eigenvalue weighted by Gasteiger charge is 2.16. The zero-order chi connectivity index (χ0) is 18.8. The minimum atomic E-state index is -0.114. The summed E-state index contributed by atoms with van der Waals surface area (Å²) < 4.78 is 16.6. The lowest BCUT2D eigenvalue weighted by atomic mass is 10.2. The molecule has 6 heteroatoms. The predicted octanol–water partition coefficient (Wildman–Crippen LogP) is 3.91. The molecule has 0 N–H and O–H groups in total. The van der Waals surface area contributed by atoms with Crippen molar-refractivity contribution >= 4 is 17.5 Å². The summed E-state index contributed by atoms with van der Waals surface area (Å²) in [5, 5.41) is 0.658. The molecule has 0 bridgehead atoms. The molecule has 5 nitrogen and oxygen atoms in total. The van der Waals surface area contributed by atoms with Gasteiger partial charge in [0.2, 0.25) is 0 Å². The highest BCUT2D eigenvalue weighted by atomic mass is 35.5. The number of ether oxygens (including phenoxy) is 3. The van der Waals surface area contributed by atoms with Crippen molar-refractivity contribution < 1.29 is 19.0 Å². The molecule has 0 heterocycles. The van der Waals surface area contributed by atoms with Crippen molar-refractivity contribution in [3.05, 3.63) is 59.1 Å². The Balaban J connectivity index is 1.87. The van der Waals surface area contributed by atoms with Crippen LogP contribution in [-0.4, -0.2) is 50.8 Å². The largest absolute Gasteiger partial charge is 0.492 e. The van der Waals surface area contributed by atoms with Crippen LogP contribution < -0.4 is 9.47 Å². The first-order valence-electron chi connectivity index (χ1n) is 8.55. The third kappa shape index (κ3) is 6.24. The zero-order valence-electron chi connectivity index (χ0n) is 15.1. The van der Waals surface area contributed by atoms with Crippen LogP contribution in [0.15, 0.2) is 48.5 Å². The van der Waals surface area contributed by atoms with Gasteiger partial charge in [-0.15, -0.1) is 0 Å². The van der Waals surface area contributed by atoms with Crippen LogP contribution in [0.1, 0.15) is 17.3 Å². The summed E-state index contributed by atoms with van der Waals surface area (Å²) in [6.45, 7) is 4.30. The number of para-hydroxylation sites is 1. The maximum Gasteiger partial charge on any atom is 0.257 e. The second-order valence-electron chi connectivity index (χ2n) is 5.57. The van der Waals surface area contributed by atoms with E-state index in [9.17, 15) is 4.79 Å². The molecular formula is C20H24ClNO4. The number of likely N-dealkylation sites (N-methyl/N-ethyl adjacent to an activating group) is 1. The van der Waals surface area contributed by atoms with Crippen LogP contribution in [0.3, 0.4) is 0 Å². The first-order valence-corrected chi connectivity index (χ1v) is 8.93. The Morgan fingerprint density at radius 3 is 2.46 bits per heavy atom. The van der Waals surface area contributed by atoms with E-state index in [1.165, 1.54) is 0 Å². The number of carbonyl (C=O) groups is 1. The number of hydrogen-bond donors (Lipinski definition) is 0. The van der Waals surface area contributed by atoms with Crippen molar-refractivity contribution in [2.75, 3.05) is 40.0 Å². The predicted molar refractivity (Wildman–Crippen MR) is 102 cm³/mol. The van der Waals surface area contributed by atoms with Gasteiger partial charge in [0.15, 0.2) is 0 Å². The number of rotatable bonds is 10. The third-order valence-electron chi connectivity index (χ3n) is 3.66. The third-order valence-corrected chi connectivity index (χ3v) is 3.91. The van der Waals surface area contributed by atoms with Crippen LogP contribution in [-0.2, 0) is 4.74 Å². The summed E-state index contributed by atoms with van der Waals surface area (Å²) in [6.07, 6.45) is 0. The Bertz CT molecular complexity index is 690. The lowest BCUT2D eigenvalue weighted by molar-refractivity contribution is 0.0763. The van der Waals surface area contributed by atoms with Gasteiger partial charge in [0.05, 0.1) is 18.7 Å². The molecule has 0 aliphatic heterocycles. The minimum absolute atomic E-state index is 0.114. The van der Waals surface area contributed by atoms with E-state index in [4.69, 9.17) is 25.8 Å². The van der Waals surface area contributed by atoms with E-state index >= 15 is 0 Å². The number of hydrogen-bond acceptors (Lipinski definition) is 4. The van der Waals surface area contributed by atoms with E-state index in [1.807, 2.05) is 19.1 Å². The molecule has 0 spiro atoms. The van der Waals surface area contributed by atoms with Gasteiger partial charge in [-0.3, -0.25) is 4.79 Å². The van der Waals surface area contributed by atoms with E-state index in [2.05, 4.69) is 0 Å². The summed E-state index contributed by atoms with van der Waals surface area (Å²) >= 11 is 5.85. The molecule has 0 unspecified atom stereocenters. The minimum Gasteiger partial charge on any atom is -0.492 e. The van der Waals surface area contributed by atoms with Crippen LogP contribution >= 0.6 is 11.6 Å². The van der Waals surface area contributed by atoms with Crippen LogP contribution in [0, 0.1) is 0 Å². The number of halogens is 1. The Kier molecular flexibility index (Phi) is 8.25. The highest BCUT2D eigenvalue weighted by molar-refractivity contribution is 6.30. The number of benzene rings is 2. The van der Waals surface area contributed by atoms with E-state index < -0.39 is 0 Å². The summed E-state index contributed by atoms with van der Waals surface area (Å²) in [7, 11) is 1.74. The Morgan fingerprint density at radius 1 is 1.00 bits per heavy atom. The zero-order valence-corrected chi connectivity index (χ0v) is 15.9. The van der Waals surface area contributed by atoms with Crippen LogP contribution in [0.5, 0.6) is 11.5 Å². The molecule has 2 rings (SSSR count). The Hall–Kier alpha value is -2.24. The summed E-state index contributed by atoms with van der Waals surface area (Å²) in [6, 6.07) is 14.3. The Labute approximate surface area is 159 Å². The molecule has 0 fully saturated rings. The molecule has 0 aliphatic rings. The first kappa shape index (κ1) is 20.1. The lowest BCUT2D eigenvalue weighted by Crippen LogP contribution is -2.31. The van der Waals surface area contributed by atoms with Crippen molar-refractivity contribution in [2.45, 2.75) is 6.92 Å². The molecule has 2 aromatic rings. The van der Waals surface area contributed by atoms with Crippen LogP contribution in [0.2, 0.25) is 5.02 Å². The first-order chi connectivity index (χ1) is 12.6. The van der Waals surface area contributed by atoms with Crippen LogP contribution in [0.25, 0.3) is 0 Å². The van der Waals surface area contributed by atoms with Gasteiger partial charge in [-0.1, -0.05) is 23.7 Å². The molecule has 0 aromatic heterocycles. The molecule has 0 saturated heterocycles. The van der Waals surface area contributed by atoms with Gasteiger partial charge in [-0.2, -0.15) is 0 Å². The molecule has 26 heavy (non-hydrogen) atoms. The number of nitrogens with zero attached hydrogens (tertiary/aromatic N) is 1. The number of amides is 1. The fourth-order valence-electron chi connectivity index (χ4n) is 2.26. The van der Waals surface area contributed by atoms with Gasteiger partial charge in [0.1, 0.15) is 24.7 Å². The SMILES string of the molecule is CCOCCOc1ccccc1C(=O)N(C)CCOc1ccc(Cl)cc1. The normalized spacial score (nSPS) is 10.4. The molecule has 0 aliphatic carbocycles. The van der Waals surface area contributed by atoms with Gasteiger partial charge in [0.25, 0.3) is 5.91 Å². The Morgan fingerprint density at radius 2 is 1.73 bits per heavy atom. The average molecular weight is 378 g/mol. The summed E-state index contributed by atoms with van der Waals surface area (Å²) in [4.78, 5) is 14.3. The smallest absolute Gasteiger partial charge is 0.257 e. The van der Waals surface area contributed by atoms with Crippen molar-refractivity contribution in [3.63, 3.8) is 0 Å². The van der Waals surface area contributed by atoms with E-state index in [-0.39, 0.29) is 5.91 Å². The molecule has 140 valence electrons. The van der Waals surface area contributed by atoms with Gasteiger partial charge in [-0.05, 0) is 43.3 Å². The summed E-state index contributed by atoms with van der Waals surface area (Å²) in [5.41, 5.74) is 0.526. The maximum absolute atomic E-state index is 12.7. The molecule has 0 saturated carbocycles. The van der Waals surface area contributed by atoms with Gasteiger partial charge >= 0.3 is 0 Å². The van der Waals surface area contributed by atoms with Crippen molar-refractivity contribution in [3.8, 4) is 11.5 Å². The van der Waals surface area contributed by atoms with Crippen molar-refractivity contribution in [2.24, 2.45) is 0 Å². The van der Waals surface area contributed by atoms with Gasteiger partial charge in [-0.25, -0.2) is 0 Å². The average Bonchev–Trinajstić information content (AvgIpc) is 2.66. The molecule has 0 atom stereocenters.